The smallest absolute Gasteiger partial charge is 0.311 e. The minimum atomic E-state index is -0.918. The lowest BCUT2D eigenvalue weighted by Crippen LogP contribution is -2.19. The molecule has 0 radical (unpaired) electrons. The van der Waals surface area contributed by atoms with Crippen molar-refractivity contribution in [2.45, 2.75) is 145 Å². The third-order valence-electron chi connectivity index (χ3n) is 18.7. The van der Waals surface area contributed by atoms with Crippen molar-refractivity contribution < 1.29 is 53.4 Å². The Balaban J connectivity index is 0.000000141. The Labute approximate surface area is 646 Å². The summed E-state index contributed by atoms with van der Waals surface area (Å²) in [6.45, 7) is 0. The number of unbranched alkanes of at least 4 members (excludes halogenated alkanes) is 3. The molecule has 558 valence electrons. The molecular formula is C74H70N18O11S6. The van der Waals surface area contributed by atoms with Crippen LogP contribution in [0.25, 0.3) is 0 Å². The first-order valence-electron chi connectivity index (χ1n) is 35.0. The number of aryl methyl sites for hydroxylation is 6. The molecule has 0 aliphatic heterocycles. The number of aliphatic hydroxyl groups is 1. The number of aromatic nitrogens is 12. The molecular weight excluding hydrogens is 1510 g/mol. The standard InChI is InChI=1S/C28H26N6O4S2.C28H24N6O4S2.C10H8O3.C8H12N6S2/c2*35-21-13-19(15-7-1-3-9-17(15)21)25(37)29-27-33-31-23(39-27)11-5-6-12-24-32-34-28(40-24)30-26(38)20-14-22(36)18-10-4-2-8-16(18)20;11-9-5-8(10(12)13)6-3-1-2-4-7(6)9;9-7-13-11-5(15-7)3-1-2-4-6-12-14-8(10)16-6/h1-4,7-10,19-21,35H,5-6,11-14H2,(H,29,33,37)(H,30,34,38);1-4,7-10,19-20H,5-6,11-14H2,(H,29,33,37)(H,30,34,38);1-4,8H,5H2,(H,12,13);1-4H2,(H2,9,13)(H2,10,14). The summed E-state index contributed by atoms with van der Waals surface area (Å²) in [5.74, 6) is -4.51. The number of aliphatic carboxylic acids is 1. The first kappa shape index (κ1) is 76.3. The molecule has 11 aromatic rings. The second kappa shape index (κ2) is 35.4. The highest BCUT2D eigenvalue weighted by molar-refractivity contribution is 7.16. The summed E-state index contributed by atoms with van der Waals surface area (Å²) in [4.78, 5) is 110. The van der Waals surface area contributed by atoms with Gasteiger partial charge in [-0.2, -0.15) is 0 Å². The van der Waals surface area contributed by atoms with Gasteiger partial charge < -0.3 is 21.7 Å². The second-order valence-electron chi connectivity index (χ2n) is 26.0. The van der Waals surface area contributed by atoms with E-state index in [1.165, 1.54) is 68.0 Å². The third-order valence-corrected chi connectivity index (χ3v) is 23.9. The van der Waals surface area contributed by atoms with Gasteiger partial charge in [-0.15, -0.1) is 61.2 Å². The van der Waals surface area contributed by atoms with E-state index in [1.807, 2.05) is 60.7 Å². The first-order valence-corrected chi connectivity index (χ1v) is 39.9. The first-order chi connectivity index (χ1) is 52.9. The van der Waals surface area contributed by atoms with E-state index in [0.717, 1.165) is 116 Å². The number of anilines is 6. The van der Waals surface area contributed by atoms with Gasteiger partial charge in [0.1, 0.15) is 30.0 Å². The molecule has 16 rings (SSSR count). The maximum absolute atomic E-state index is 12.8. The highest BCUT2D eigenvalue weighted by atomic mass is 32.1. The fourth-order valence-electron chi connectivity index (χ4n) is 13.4. The van der Waals surface area contributed by atoms with Crippen LogP contribution in [0.5, 0.6) is 0 Å². The van der Waals surface area contributed by atoms with Crippen molar-refractivity contribution in [3.8, 4) is 0 Å². The van der Waals surface area contributed by atoms with Crippen LogP contribution in [0.15, 0.2) is 121 Å². The summed E-state index contributed by atoms with van der Waals surface area (Å²) in [5.41, 5.74) is 18.0. The average molecular weight is 1580 g/mol. The normalized spacial score (nSPS) is 17.5. The minimum Gasteiger partial charge on any atom is -0.481 e. The van der Waals surface area contributed by atoms with Gasteiger partial charge in [0.25, 0.3) is 0 Å². The molecule has 0 bridgehead atoms. The van der Waals surface area contributed by atoms with Crippen LogP contribution in [0.3, 0.4) is 0 Å². The molecule has 5 aliphatic carbocycles. The monoisotopic (exact) mass is 1580 g/mol. The van der Waals surface area contributed by atoms with Crippen LogP contribution in [-0.4, -0.2) is 124 Å². The molecule has 109 heavy (non-hydrogen) atoms. The third kappa shape index (κ3) is 19.0. The lowest BCUT2D eigenvalue weighted by molar-refractivity contribution is -0.138. The number of Topliss-reactive ketones (excluding diaryl/α,β-unsaturated/α-hetero) is 4. The van der Waals surface area contributed by atoms with Gasteiger partial charge in [-0.1, -0.05) is 189 Å². The molecule has 0 spiro atoms. The minimum absolute atomic E-state index is 0.0157. The molecule has 0 saturated carbocycles. The summed E-state index contributed by atoms with van der Waals surface area (Å²) in [6, 6.07) is 36.0. The van der Waals surface area contributed by atoms with Crippen molar-refractivity contribution in [3.63, 3.8) is 0 Å². The van der Waals surface area contributed by atoms with Gasteiger partial charge in [0.2, 0.25) is 54.4 Å². The van der Waals surface area contributed by atoms with Crippen LogP contribution < -0.4 is 32.7 Å². The number of hydrogen-bond donors (Lipinski definition) is 8. The van der Waals surface area contributed by atoms with Crippen molar-refractivity contribution in [1.29, 1.82) is 0 Å². The number of hydrogen-bond acceptors (Lipinski definition) is 30. The van der Waals surface area contributed by atoms with Crippen LogP contribution in [-0.2, 0) is 62.5 Å². The number of carbonyl (C=O) groups excluding carboxylic acids is 8. The van der Waals surface area contributed by atoms with E-state index in [1.54, 1.807) is 60.7 Å². The number of rotatable bonds is 24. The molecule has 6 atom stereocenters. The SMILES string of the molecule is Nc1nnc(CCCCc2nnc(N)s2)s1.O=C1CC(C(=O)Nc2nnc(CCCCc3nnc(NC(=O)C4CC(=O)c5ccccc54)s3)s2)c2ccccc21.O=C1CC(C(=O)Nc2nnc(CCCCc3nnc(NC(=O)C4CC(O)c5ccccc54)s3)s2)c2ccccc21.O=C1CC(C(=O)O)c2ccccc21. The van der Waals surface area contributed by atoms with E-state index in [9.17, 15) is 48.3 Å². The Kier molecular flexibility index (Phi) is 24.8. The molecule has 6 unspecified atom stereocenters. The van der Waals surface area contributed by atoms with Crippen molar-refractivity contribution in [3.05, 3.63) is 207 Å². The van der Waals surface area contributed by atoms with Gasteiger partial charge in [-0.05, 0) is 78.3 Å². The molecule has 6 aromatic heterocycles. The van der Waals surface area contributed by atoms with Crippen molar-refractivity contribution >= 4 is 152 Å². The number of carboxylic acids is 1. The van der Waals surface area contributed by atoms with Gasteiger partial charge in [0.05, 0.1) is 35.7 Å². The quantitative estimate of drug-likeness (QED) is 0.0260. The highest BCUT2D eigenvalue weighted by Gasteiger charge is 2.39. The molecule has 0 fully saturated rings. The Morgan fingerprint density at radius 1 is 0.330 bits per heavy atom. The van der Waals surface area contributed by atoms with E-state index in [4.69, 9.17) is 16.6 Å². The second-order valence-corrected chi connectivity index (χ2v) is 32.4. The average Bonchev–Trinajstić information content (AvgIpc) is 1.67. The Hall–Kier alpha value is -11.0. The molecule has 35 heteroatoms. The van der Waals surface area contributed by atoms with E-state index in [2.05, 4.69) is 82.5 Å². The zero-order valence-corrected chi connectivity index (χ0v) is 63.0. The molecule has 6 heterocycles. The summed E-state index contributed by atoms with van der Waals surface area (Å²) in [7, 11) is 0. The van der Waals surface area contributed by atoms with Crippen LogP contribution in [0.2, 0.25) is 0 Å². The van der Waals surface area contributed by atoms with Crippen LogP contribution >= 0.6 is 68.0 Å². The highest BCUT2D eigenvalue weighted by Crippen LogP contribution is 2.42. The summed E-state index contributed by atoms with van der Waals surface area (Å²) < 4.78 is 0. The van der Waals surface area contributed by atoms with Crippen molar-refractivity contribution in [2.24, 2.45) is 0 Å². The number of nitrogens with one attached hydrogen (secondary N) is 4. The topological polar surface area (TPSA) is 449 Å². The zero-order valence-electron chi connectivity index (χ0n) is 58.1. The maximum atomic E-state index is 12.8. The van der Waals surface area contributed by atoms with Crippen molar-refractivity contribution in [2.75, 3.05) is 32.7 Å². The van der Waals surface area contributed by atoms with Crippen LogP contribution in [0, 0.1) is 0 Å². The fourth-order valence-corrected chi connectivity index (χ4v) is 17.8. The summed E-state index contributed by atoms with van der Waals surface area (Å²) >= 11 is 8.25. The molecule has 29 nitrogen and oxygen atoms in total. The largest absolute Gasteiger partial charge is 0.481 e. The Morgan fingerprint density at radius 3 is 0.872 bits per heavy atom. The number of amides is 4. The van der Waals surface area contributed by atoms with Crippen molar-refractivity contribution in [1.82, 2.24) is 61.2 Å². The number of carbonyl (C=O) groups is 9. The van der Waals surface area contributed by atoms with Gasteiger partial charge >= 0.3 is 5.97 Å². The molecule has 5 aliphatic rings. The number of nitrogens with two attached hydrogens (primary N) is 2. The molecule has 0 saturated heterocycles. The lowest BCUT2D eigenvalue weighted by Gasteiger charge is -2.09. The predicted molar refractivity (Wildman–Crippen MR) is 412 cm³/mol. The van der Waals surface area contributed by atoms with E-state index >= 15 is 0 Å². The van der Waals surface area contributed by atoms with Gasteiger partial charge in [-0.3, -0.25) is 64.4 Å². The van der Waals surface area contributed by atoms with Crippen LogP contribution in [0.4, 0.5) is 30.8 Å². The van der Waals surface area contributed by atoms with Gasteiger partial charge in [-0.25, -0.2) is 0 Å². The number of ketones is 4. The van der Waals surface area contributed by atoms with E-state index < -0.39 is 41.7 Å². The zero-order chi connectivity index (χ0) is 76.1. The number of nitrogen functional groups attached to an aromatic ring is 2. The number of fused-ring (bicyclic) bond motifs is 5. The molecule has 4 amide bonds. The lowest BCUT2D eigenvalue weighted by atomic mass is 10.0. The fraction of sp³-hybridized carbons (Fsp3) is 0.311. The number of nitrogens with zero attached hydrogens (tertiary/aromatic N) is 12. The summed E-state index contributed by atoms with van der Waals surface area (Å²) in [5, 5.41) is 87.1. The van der Waals surface area contributed by atoms with Crippen LogP contribution in [0.1, 0.15) is 211 Å². The Morgan fingerprint density at radius 2 is 0.578 bits per heavy atom. The van der Waals surface area contributed by atoms with E-state index in [0.29, 0.717) is 84.3 Å². The molecule has 10 N–H and O–H groups in total. The number of aliphatic hydroxyl groups excluding tert-OH is 1. The number of carboxylic acid groups (broad SMARTS) is 1. The van der Waals surface area contributed by atoms with Gasteiger partial charge in [0, 0.05) is 86.5 Å². The van der Waals surface area contributed by atoms with E-state index in [-0.39, 0.29) is 72.4 Å². The Bertz CT molecular complexity index is 5040. The van der Waals surface area contributed by atoms with Gasteiger partial charge in [0.15, 0.2) is 23.1 Å². The maximum Gasteiger partial charge on any atom is 0.311 e. The predicted octanol–water partition coefficient (Wildman–Crippen LogP) is 11.6. The molecule has 5 aromatic carbocycles. The summed E-state index contributed by atoms with van der Waals surface area (Å²) in [6.07, 6.45) is 10.5. The number of benzene rings is 5.